The van der Waals surface area contributed by atoms with Gasteiger partial charge in [0.1, 0.15) is 11.8 Å². The Bertz CT molecular complexity index is 775. The Labute approximate surface area is 180 Å². The molecule has 2 amide bonds. The number of likely N-dealkylation sites (N-methyl/N-ethyl adjacent to an activating group) is 1. The summed E-state index contributed by atoms with van der Waals surface area (Å²) in [6.07, 6.45) is 0.535. The highest BCUT2D eigenvalue weighted by Crippen LogP contribution is 2.16. The van der Waals surface area contributed by atoms with Gasteiger partial charge in [-0.1, -0.05) is 36.8 Å². The van der Waals surface area contributed by atoms with Gasteiger partial charge >= 0.3 is 0 Å². The maximum Gasteiger partial charge on any atom is 0.261 e. The number of halogens is 1. The standard InChI is InChI=1S/C22H27IN2O3/c1-4-20(22(27)24-5-2)25(14-17-8-6-16(3)7-9-17)21(26)15-28-19-12-10-18(23)11-13-19/h6-13,20H,4-5,14-15H2,1-3H3,(H,24,27)/t20-/m1/s1. The highest BCUT2D eigenvalue weighted by Gasteiger charge is 2.28. The lowest BCUT2D eigenvalue weighted by molar-refractivity contribution is -0.142. The first kappa shape index (κ1) is 22.2. The number of carbonyl (C=O) groups excluding carboxylic acids is 2. The number of benzene rings is 2. The number of carbonyl (C=O) groups is 2. The van der Waals surface area contributed by atoms with Crippen molar-refractivity contribution in [3.63, 3.8) is 0 Å². The van der Waals surface area contributed by atoms with Crippen LogP contribution in [0.3, 0.4) is 0 Å². The Morgan fingerprint density at radius 3 is 2.29 bits per heavy atom. The number of amides is 2. The van der Waals surface area contributed by atoms with Gasteiger partial charge in [0, 0.05) is 16.7 Å². The number of ether oxygens (including phenoxy) is 1. The minimum Gasteiger partial charge on any atom is -0.484 e. The van der Waals surface area contributed by atoms with Crippen molar-refractivity contribution in [1.82, 2.24) is 10.2 Å². The van der Waals surface area contributed by atoms with E-state index in [1.165, 1.54) is 0 Å². The van der Waals surface area contributed by atoms with Crippen LogP contribution in [0.2, 0.25) is 0 Å². The van der Waals surface area contributed by atoms with E-state index in [1.54, 1.807) is 4.90 Å². The number of hydrogen-bond donors (Lipinski definition) is 1. The van der Waals surface area contributed by atoms with Crippen LogP contribution in [0.5, 0.6) is 5.75 Å². The van der Waals surface area contributed by atoms with Gasteiger partial charge in [-0.05, 0) is 72.7 Å². The first-order chi connectivity index (χ1) is 13.4. The minimum absolute atomic E-state index is 0.109. The Hall–Kier alpha value is -2.09. The van der Waals surface area contributed by atoms with Gasteiger partial charge in [0.15, 0.2) is 6.61 Å². The van der Waals surface area contributed by atoms with Gasteiger partial charge in [-0.2, -0.15) is 0 Å². The lowest BCUT2D eigenvalue weighted by Gasteiger charge is -2.30. The number of nitrogens with zero attached hydrogens (tertiary/aromatic N) is 1. The fraction of sp³-hybridized carbons (Fsp3) is 0.364. The molecule has 0 unspecified atom stereocenters. The molecule has 0 aliphatic carbocycles. The molecule has 2 aromatic carbocycles. The molecule has 0 aromatic heterocycles. The number of hydrogen-bond acceptors (Lipinski definition) is 3. The molecule has 0 spiro atoms. The maximum absolute atomic E-state index is 13.0. The summed E-state index contributed by atoms with van der Waals surface area (Å²) < 4.78 is 6.77. The molecule has 28 heavy (non-hydrogen) atoms. The molecule has 6 heteroatoms. The lowest BCUT2D eigenvalue weighted by Crippen LogP contribution is -2.50. The van der Waals surface area contributed by atoms with Crippen LogP contribution in [0.4, 0.5) is 0 Å². The Kier molecular flexibility index (Phi) is 8.76. The summed E-state index contributed by atoms with van der Waals surface area (Å²) in [5.74, 6) is 0.284. The monoisotopic (exact) mass is 494 g/mol. The van der Waals surface area contributed by atoms with Crippen molar-refractivity contribution >= 4 is 34.4 Å². The van der Waals surface area contributed by atoms with Crippen molar-refractivity contribution in [3.05, 3.63) is 63.2 Å². The summed E-state index contributed by atoms with van der Waals surface area (Å²) in [6.45, 7) is 6.59. The quantitative estimate of drug-likeness (QED) is 0.538. The molecule has 0 saturated heterocycles. The van der Waals surface area contributed by atoms with E-state index >= 15 is 0 Å². The van der Waals surface area contributed by atoms with Crippen LogP contribution in [0.25, 0.3) is 0 Å². The molecule has 2 aromatic rings. The number of rotatable bonds is 9. The van der Waals surface area contributed by atoms with Crippen molar-refractivity contribution in [3.8, 4) is 5.75 Å². The average Bonchev–Trinajstić information content (AvgIpc) is 2.69. The van der Waals surface area contributed by atoms with Gasteiger partial charge < -0.3 is 15.0 Å². The van der Waals surface area contributed by atoms with E-state index in [1.807, 2.05) is 69.3 Å². The summed E-state index contributed by atoms with van der Waals surface area (Å²) in [5, 5.41) is 2.83. The highest BCUT2D eigenvalue weighted by atomic mass is 127. The first-order valence-electron chi connectivity index (χ1n) is 9.45. The normalized spacial score (nSPS) is 11.6. The third-order valence-electron chi connectivity index (χ3n) is 4.39. The molecule has 0 bridgehead atoms. The van der Waals surface area contributed by atoms with Crippen LogP contribution in [-0.4, -0.2) is 35.9 Å². The molecular formula is C22H27IN2O3. The predicted molar refractivity (Wildman–Crippen MR) is 119 cm³/mol. The zero-order valence-electron chi connectivity index (χ0n) is 16.6. The van der Waals surface area contributed by atoms with Crippen LogP contribution in [0.1, 0.15) is 31.4 Å². The topological polar surface area (TPSA) is 58.6 Å². The second-order valence-corrected chi connectivity index (χ2v) is 7.81. The highest BCUT2D eigenvalue weighted by molar-refractivity contribution is 14.1. The van der Waals surface area contributed by atoms with Crippen LogP contribution < -0.4 is 10.1 Å². The summed E-state index contributed by atoms with van der Waals surface area (Å²) in [4.78, 5) is 27.1. The van der Waals surface area contributed by atoms with Crippen molar-refractivity contribution < 1.29 is 14.3 Å². The van der Waals surface area contributed by atoms with Crippen LogP contribution in [0.15, 0.2) is 48.5 Å². The number of nitrogens with one attached hydrogen (secondary N) is 1. The maximum atomic E-state index is 13.0. The number of aryl methyl sites for hydroxylation is 1. The van der Waals surface area contributed by atoms with E-state index in [4.69, 9.17) is 4.74 Å². The summed E-state index contributed by atoms with van der Waals surface area (Å²) in [6, 6.07) is 15.0. The fourth-order valence-corrected chi connectivity index (χ4v) is 3.22. The summed E-state index contributed by atoms with van der Waals surface area (Å²) >= 11 is 2.22. The zero-order valence-corrected chi connectivity index (χ0v) is 18.7. The molecule has 150 valence electrons. The first-order valence-corrected chi connectivity index (χ1v) is 10.5. The smallest absolute Gasteiger partial charge is 0.261 e. The molecule has 0 radical (unpaired) electrons. The van der Waals surface area contributed by atoms with Crippen LogP contribution in [-0.2, 0) is 16.1 Å². The molecule has 5 nitrogen and oxygen atoms in total. The molecule has 2 rings (SSSR count). The second-order valence-electron chi connectivity index (χ2n) is 6.57. The van der Waals surface area contributed by atoms with Crippen LogP contribution >= 0.6 is 22.6 Å². The van der Waals surface area contributed by atoms with E-state index in [0.717, 1.165) is 14.7 Å². The molecule has 0 aliphatic heterocycles. The Balaban J connectivity index is 2.16. The Morgan fingerprint density at radius 2 is 1.71 bits per heavy atom. The minimum atomic E-state index is -0.533. The third kappa shape index (κ3) is 6.51. The second kappa shape index (κ2) is 11.0. The summed E-state index contributed by atoms with van der Waals surface area (Å²) in [7, 11) is 0. The van der Waals surface area contributed by atoms with E-state index in [-0.39, 0.29) is 18.4 Å². The van der Waals surface area contributed by atoms with Gasteiger partial charge in [-0.25, -0.2) is 0 Å². The van der Waals surface area contributed by atoms with Gasteiger partial charge in [0.2, 0.25) is 5.91 Å². The van der Waals surface area contributed by atoms with Gasteiger partial charge in [-0.3, -0.25) is 9.59 Å². The van der Waals surface area contributed by atoms with Gasteiger partial charge in [-0.15, -0.1) is 0 Å². The molecule has 0 fully saturated rings. The van der Waals surface area contributed by atoms with E-state index in [0.29, 0.717) is 25.3 Å². The SMILES string of the molecule is CCNC(=O)[C@@H](CC)N(Cc1ccc(C)cc1)C(=O)COc1ccc(I)cc1. The molecular weight excluding hydrogens is 467 g/mol. The summed E-state index contributed by atoms with van der Waals surface area (Å²) in [5.41, 5.74) is 2.13. The van der Waals surface area contributed by atoms with E-state index < -0.39 is 6.04 Å². The molecule has 1 atom stereocenters. The van der Waals surface area contributed by atoms with Crippen molar-refractivity contribution in [2.24, 2.45) is 0 Å². The molecule has 0 aliphatic rings. The predicted octanol–water partition coefficient (Wildman–Crippen LogP) is 3.92. The van der Waals surface area contributed by atoms with Gasteiger partial charge in [0.25, 0.3) is 5.91 Å². The zero-order chi connectivity index (χ0) is 20.5. The Morgan fingerprint density at radius 1 is 1.07 bits per heavy atom. The largest absolute Gasteiger partial charge is 0.484 e. The van der Waals surface area contributed by atoms with Gasteiger partial charge in [0.05, 0.1) is 0 Å². The fourth-order valence-electron chi connectivity index (χ4n) is 2.86. The van der Waals surface area contributed by atoms with Crippen LogP contribution in [0, 0.1) is 10.5 Å². The molecule has 0 heterocycles. The van der Waals surface area contributed by atoms with Crippen molar-refractivity contribution in [1.29, 1.82) is 0 Å². The van der Waals surface area contributed by atoms with E-state index in [2.05, 4.69) is 27.9 Å². The lowest BCUT2D eigenvalue weighted by atomic mass is 10.1. The third-order valence-corrected chi connectivity index (χ3v) is 5.11. The average molecular weight is 494 g/mol. The molecule has 0 saturated carbocycles. The molecule has 1 N–H and O–H groups in total. The van der Waals surface area contributed by atoms with Crippen molar-refractivity contribution in [2.75, 3.05) is 13.2 Å². The van der Waals surface area contributed by atoms with Crippen molar-refractivity contribution in [2.45, 2.75) is 39.8 Å². The van der Waals surface area contributed by atoms with E-state index in [9.17, 15) is 9.59 Å².